The van der Waals surface area contributed by atoms with Crippen LogP contribution in [0.1, 0.15) is 40.5 Å². The third kappa shape index (κ3) is 6.44. The summed E-state index contributed by atoms with van der Waals surface area (Å²) in [6.45, 7) is 1.91. The minimum absolute atomic E-state index is 0.0939. The van der Waals surface area contributed by atoms with Gasteiger partial charge in [-0.05, 0) is 67.2 Å². The SMILES string of the molecule is CCCC(=O)Nc1ccc(C(=O)NNC(=S)NC(=O)c2ccc(F)cc2)cc1. The van der Waals surface area contributed by atoms with Crippen LogP contribution in [0.5, 0.6) is 0 Å². The van der Waals surface area contributed by atoms with E-state index in [2.05, 4.69) is 21.5 Å². The number of benzene rings is 2. The first-order valence-electron chi connectivity index (χ1n) is 8.46. The lowest BCUT2D eigenvalue weighted by Gasteiger charge is -2.11. The summed E-state index contributed by atoms with van der Waals surface area (Å²) in [6, 6.07) is 11.2. The number of amides is 3. The summed E-state index contributed by atoms with van der Waals surface area (Å²) in [5.41, 5.74) is 5.90. The van der Waals surface area contributed by atoms with Crippen molar-refractivity contribution in [3.63, 3.8) is 0 Å². The average Bonchev–Trinajstić information content (AvgIpc) is 2.67. The topological polar surface area (TPSA) is 99.3 Å². The van der Waals surface area contributed by atoms with Gasteiger partial charge in [0.2, 0.25) is 5.91 Å². The van der Waals surface area contributed by atoms with Crippen LogP contribution in [0.15, 0.2) is 48.5 Å². The summed E-state index contributed by atoms with van der Waals surface area (Å²) < 4.78 is 12.9. The Hall–Kier alpha value is -3.33. The van der Waals surface area contributed by atoms with Crippen LogP contribution >= 0.6 is 12.2 Å². The molecule has 146 valence electrons. The van der Waals surface area contributed by atoms with Crippen LogP contribution in [-0.2, 0) is 4.79 Å². The first-order valence-corrected chi connectivity index (χ1v) is 8.87. The molecule has 7 nitrogen and oxygen atoms in total. The second-order valence-corrected chi connectivity index (χ2v) is 6.15. The number of carbonyl (C=O) groups is 3. The van der Waals surface area contributed by atoms with Crippen LogP contribution in [0, 0.1) is 5.82 Å². The van der Waals surface area contributed by atoms with Crippen molar-refractivity contribution in [2.45, 2.75) is 19.8 Å². The quantitative estimate of drug-likeness (QED) is 0.455. The van der Waals surface area contributed by atoms with Gasteiger partial charge >= 0.3 is 0 Å². The molecule has 3 amide bonds. The third-order valence-corrected chi connectivity index (χ3v) is 3.74. The maximum atomic E-state index is 12.9. The Morgan fingerprint density at radius 1 is 0.893 bits per heavy atom. The molecule has 28 heavy (non-hydrogen) atoms. The van der Waals surface area contributed by atoms with E-state index >= 15 is 0 Å². The van der Waals surface area contributed by atoms with Gasteiger partial charge in [0, 0.05) is 23.2 Å². The zero-order valence-corrected chi connectivity index (χ0v) is 15.9. The first kappa shape index (κ1) is 21.0. The van der Waals surface area contributed by atoms with Crippen LogP contribution in [0.25, 0.3) is 0 Å². The lowest BCUT2D eigenvalue weighted by atomic mass is 10.2. The number of thiocarbonyl (C=S) groups is 1. The largest absolute Gasteiger partial charge is 0.326 e. The maximum absolute atomic E-state index is 12.9. The second kappa shape index (κ2) is 10.1. The van der Waals surface area contributed by atoms with Crippen molar-refractivity contribution in [2.75, 3.05) is 5.32 Å². The van der Waals surface area contributed by atoms with Crippen molar-refractivity contribution in [1.82, 2.24) is 16.2 Å². The van der Waals surface area contributed by atoms with Gasteiger partial charge in [-0.2, -0.15) is 0 Å². The second-order valence-electron chi connectivity index (χ2n) is 5.74. The number of nitrogens with one attached hydrogen (secondary N) is 4. The number of hydrogen-bond acceptors (Lipinski definition) is 4. The zero-order valence-electron chi connectivity index (χ0n) is 15.0. The van der Waals surface area contributed by atoms with Crippen LogP contribution in [0.2, 0.25) is 0 Å². The highest BCUT2D eigenvalue weighted by Crippen LogP contribution is 2.10. The Morgan fingerprint density at radius 3 is 2.07 bits per heavy atom. The van der Waals surface area contributed by atoms with Crippen LogP contribution < -0.4 is 21.5 Å². The Kier molecular flexibility index (Phi) is 7.58. The smallest absolute Gasteiger partial charge is 0.269 e. The summed E-state index contributed by atoms with van der Waals surface area (Å²) in [4.78, 5) is 35.6. The van der Waals surface area contributed by atoms with E-state index in [1.165, 1.54) is 12.1 Å². The van der Waals surface area contributed by atoms with Gasteiger partial charge in [0.05, 0.1) is 0 Å². The van der Waals surface area contributed by atoms with Crippen LogP contribution in [0.3, 0.4) is 0 Å². The summed E-state index contributed by atoms with van der Waals surface area (Å²) in [7, 11) is 0. The standard InChI is InChI=1S/C19H19FN4O3S/c1-2-3-16(25)21-15-10-6-13(7-11-15)18(27)23-24-19(28)22-17(26)12-4-8-14(20)9-5-12/h4-11H,2-3H2,1H3,(H,21,25)(H,23,27)(H2,22,24,26,28). The minimum atomic E-state index is -0.543. The van der Waals surface area contributed by atoms with E-state index in [0.29, 0.717) is 17.7 Å². The molecule has 2 rings (SSSR count). The Morgan fingerprint density at radius 2 is 1.46 bits per heavy atom. The van der Waals surface area contributed by atoms with Gasteiger partial charge in [-0.1, -0.05) is 6.92 Å². The van der Waals surface area contributed by atoms with Gasteiger partial charge in [0.1, 0.15) is 5.82 Å². The van der Waals surface area contributed by atoms with Gasteiger partial charge in [0.15, 0.2) is 5.11 Å². The molecule has 0 fully saturated rings. The first-order chi connectivity index (χ1) is 13.4. The molecule has 0 heterocycles. The molecule has 0 spiro atoms. The van der Waals surface area contributed by atoms with Gasteiger partial charge in [-0.15, -0.1) is 0 Å². The average molecular weight is 402 g/mol. The molecule has 0 aromatic heterocycles. The summed E-state index contributed by atoms with van der Waals surface area (Å²) in [5.74, 6) is -1.58. The fraction of sp³-hybridized carbons (Fsp3) is 0.158. The molecule has 2 aromatic carbocycles. The summed E-state index contributed by atoms with van der Waals surface area (Å²) >= 11 is 4.94. The lowest BCUT2D eigenvalue weighted by Crippen LogP contribution is -2.48. The highest BCUT2D eigenvalue weighted by molar-refractivity contribution is 7.80. The number of anilines is 1. The monoisotopic (exact) mass is 402 g/mol. The van der Waals surface area contributed by atoms with E-state index in [1.807, 2.05) is 6.92 Å². The van der Waals surface area contributed by atoms with Gasteiger partial charge in [0.25, 0.3) is 11.8 Å². The van der Waals surface area contributed by atoms with Crippen LogP contribution in [-0.4, -0.2) is 22.8 Å². The summed E-state index contributed by atoms with van der Waals surface area (Å²) in [5, 5.41) is 4.96. The van der Waals surface area contributed by atoms with Crippen molar-refractivity contribution in [3.05, 3.63) is 65.5 Å². The molecule has 0 saturated heterocycles. The molecule has 0 bridgehead atoms. The molecule has 0 radical (unpaired) electrons. The normalized spacial score (nSPS) is 9.93. The number of hydrogen-bond donors (Lipinski definition) is 4. The minimum Gasteiger partial charge on any atom is -0.326 e. The van der Waals surface area contributed by atoms with Gasteiger partial charge < -0.3 is 5.32 Å². The number of halogens is 1. The Bertz CT molecular complexity index is 870. The lowest BCUT2D eigenvalue weighted by molar-refractivity contribution is -0.116. The molecular formula is C19H19FN4O3S. The number of carbonyl (C=O) groups excluding carboxylic acids is 3. The highest BCUT2D eigenvalue weighted by atomic mass is 32.1. The van der Waals surface area contributed by atoms with Crippen molar-refractivity contribution < 1.29 is 18.8 Å². The number of hydrazine groups is 1. The third-order valence-electron chi connectivity index (χ3n) is 3.53. The highest BCUT2D eigenvalue weighted by Gasteiger charge is 2.10. The molecular weight excluding hydrogens is 383 g/mol. The number of rotatable bonds is 5. The zero-order chi connectivity index (χ0) is 20.5. The molecule has 9 heteroatoms. The van der Waals surface area contributed by atoms with Crippen molar-refractivity contribution in [2.24, 2.45) is 0 Å². The van der Waals surface area contributed by atoms with Crippen molar-refractivity contribution in [1.29, 1.82) is 0 Å². The molecule has 0 saturated carbocycles. The molecule has 0 aliphatic heterocycles. The molecule has 2 aromatic rings. The van der Waals surface area contributed by atoms with E-state index in [-0.39, 0.29) is 16.6 Å². The molecule has 0 aliphatic rings. The molecule has 0 unspecified atom stereocenters. The van der Waals surface area contributed by atoms with Gasteiger partial charge in [-0.25, -0.2) is 4.39 Å². The van der Waals surface area contributed by atoms with E-state index in [9.17, 15) is 18.8 Å². The maximum Gasteiger partial charge on any atom is 0.269 e. The Labute approximate surface area is 166 Å². The summed E-state index contributed by atoms with van der Waals surface area (Å²) in [6.07, 6.45) is 1.17. The van der Waals surface area contributed by atoms with E-state index in [1.54, 1.807) is 24.3 Å². The molecule has 0 atom stereocenters. The predicted molar refractivity (Wildman–Crippen MR) is 107 cm³/mol. The van der Waals surface area contributed by atoms with Crippen molar-refractivity contribution >= 4 is 40.7 Å². The fourth-order valence-corrected chi connectivity index (χ4v) is 2.29. The van der Waals surface area contributed by atoms with E-state index in [0.717, 1.165) is 18.6 Å². The molecule has 4 N–H and O–H groups in total. The molecule has 0 aliphatic carbocycles. The van der Waals surface area contributed by atoms with E-state index < -0.39 is 17.6 Å². The fourth-order valence-electron chi connectivity index (χ4n) is 2.15. The van der Waals surface area contributed by atoms with E-state index in [4.69, 9.17) is 12.2 Å². The van der Waals surface area contributed by atoms with Gasteiger partial charge in [-0.3, -0.25) is 30.6 Å². The van der Waals surface area contributed by atoms with Crippen LogP contribution in [0.4, 0.5) is 10.1 Å². The Balaban J connectivity index is 1.82. The van der Waals surface area contributed by atoms with Crippen molar-refractivity contribution in [3.8, 4) is 0 Å². The predicted octanol–water partition coefficient (Wildman–Crippen LogP) is 2.51.